The first-order valence-electron chi connectivity index (χ1n) is 7.61. The van der Waals surface area contributed by atoms with Crippen molar-refractivity contribution in [3.8, 4) is 5.75 Å². The van der Waals surface area contributed by atoms with Gasteiger partial charge in [0, 0.05) is 0 Å². The number of para-hydroxylation sites is 1. The summed E-state index contributed by atoms with van der Waals surface area (Å²) < 4.78 is 5.84. The van der Waals surface area contributed by atoms with E-state index in [1.165, 1.54) is 5.56 Å². The number of ether oxygens (including phenoxy) is 1. The molecule has 0 bridgehead atoms. The van der Waals surface area contributed by atoms with Crippen LogP contribution in [0, 0.1) is 0 Å². The number of aliphatic carboxylic acids is 1. The van der Waals surface area contributed by atoms with Crippen LogP contribution in [0.2, 0.25) is 0 Å². The molecule has 0 aliphatic heterocycles. The van der Waals surface area contributed by atoms with Crippen LogP contribution in [-0.4, -0.2) is 30.3 Å². The van der Waals surface area contributed by atoms with Gasteiger partial charge in [0.25, 0.3) is 0 Å². The molecule has 21 heavy (non-hydrogen) atoms. The van der Waals surface area contributed by atoms with E-state index in [9.17, 15) is 9.90 Å². The maximum absolute atomic E-state index is 11.4. The lowest BCUT2D eigenvalue weighted by Crippen LogP contribution is -2.50. The molecule has 0 aliphatic rings. The Hall–Kier alpha value is -1.55. The van der Waals surface area contributed by atoms with Gasteiger partial charge in [0.2, 0.25) is 0 Å². The summed E-state index contributed by atoms with van der Waals surface area (Å²) >= 11 is 0. The molecule has 118 valence electrons. The van der Waals surface area contributed by atoms with Crippen LogP contribution in [0.4, 0.5) is 0 Å². The topological polar surface area (TPSA) is 58.6 Å². The Morgan fingerprint density at radius 2 is 2.05 bits per heavy atom. The number of carbonyl (C=O) groups is 1. The Morgan fingerprint density at radius 3 is 2.57 bits per heavy atom. The van der Waals surface area contributed by atoms with Crippen molar-refractivity contribution in [1.29, 1.82) is 0 Å². The van der Waals surface area contributed by atoms with Gasteiger partial charge in [-0.15, -0.1) is 0 Å². The quantitative estimate of drug-likeness (QED) is 0.685. The van der Waals surface area contributed by atoms with E-state index in [1.54, 1.807) is 7.05 Å². The Labute approximate surface area is 127 Å². The zero-order chi connectivity index (χ0) is 15.9. The van der Waals surface area contributed by atoms with Gasteiger partial charge in [-0.05, 0) is 43.9 Å². The number of carboxylic acids is 1. The molecule has 1 aromatic carbocycles. The number of rotatable bonds is 9. The third-order valence-electron chi connectivity index (χ3n) is 4.04. The van der Waals surface area contributed by atoms with Gasteiger partial charge in [-0.2, -0.15) is 0 Å². The Bertz CT molecular complexity index is 453. The van der Waals surface area contributed by atoms with Crippen molar-refractivity contribution in [1.82, 2.24) is 5.32 Å². The minimum absolute atomic E-state index is 0.410. The molecule has 0 radical (unpaired) electrons. The van der Waals surface area contributed by atoms with Crippen LogP contribution in [-0.2, 0) is 4.79 Å². The molecule has 0 saturated heterocycles. The van der Waals surface area contributed by atoms with Crippen LogP contribution >= 0.6 is 0 Å². The molecule has 4 heteroatoms. The van der Waals surface area contributed by atoms with Crippen LogP contribution in [0.1, 0.15) is 51.5 Å². The van der Waals surface area contributed by atoms with Gasteiger partial charge < -0.3 is 15.2 Å². The zero-order valence-corrected chi connectivity index (χ0v) is 13.5. The van der Waals surface area contributed by atoms with Crippen LogP contribution in [0.15, 0.2) is 24.3 Å². The van der Waals surface area contributed by atoms with E-state index < -0.39 is 11.5 Å². The van der Waals surface area contributed by atoms with E-state index in [1.807, 2.05) is 25.1 Å². The van der Waals surface area contributed by atoms with E-state index >= 15 is 0 Å². The molecule has 4 nitrogen and oxygen atoms in total. The highest BCUT2D eigenvalue weighted by atomic mass is 16.5. The average molecular weight is 293 g/mol. The third kappa shape index (κ3) is 4.46. The molecular weight excluding hydrogens is 266 g/mol. The van der Waals surface area contributed by atoms with Gasteiger partial charge in [-0.1, -0.05) is 39.0 Å². The van der Waals surface area contributed by atoms with Crippen molar-refractivity contribution in [2.75, 3.05) is 13.7 Å². The molecule has 2 N–H and O–H groups in total. The van der Waals surface area contributed by atoms with Crippen molar-refractivity contribution in [3.05, 3.63) is 29.8 Å². The van der Waals surface area contributed by atoms with Gasteiger partial charge >= 0.3 is 5.97 Å². The second kappa shape index (κ2) is 8.03. The van der Waals surface area contributed by atoms with Crippen molar-refractivity contribution >= 4 is 5.97 Å². The van der Waals surface area contributed by atoms with E-state index in [2.05, 4.69) is 25.2 Å². The fourth-order valence-electron chi connectivity index (χ4n) is 2.49. The number of hydrogen-bond donors (Lipinski definition) is 2. The first-order chi connectivity index (χ1) is 9.96. The predicted octanol–water partition coefficient (Wildman–Crippen LogP) is 3.42. The molecule has 1 rings (SSSR count). The summed E-state index contributed by atoms with van der Waals surface area (Å²) in [7, 11) is 1.70. The molecule has 1 aromatic rings. The van der Waals surface area contributed by atoms with Gasteiger partial charge in [-0.25, -0.2) is 0 Å². The van der Waals surface area contributed by atoms with Crippen LogP contribution < -0.4 is 10.1 Å². The fourth-order valence-corrected chi connectivity index (χ4v) is 2.49. The van der Waals surface area contributed by atoms with Crippen LogP contribution in [0.25, 0.3) is 0 Å². The molecule has 0 fully saturated rings. The first kappa shape index (κ1) is 17.5. The van der Waals surface area contributed by atoms with Crippen molar-refractivity contribution in [2.24, 2.45) is 0 Å². The Morgan fingerprint density at radius 1 is 1.38 bits per heavy atom. The predicted molar refractivity (Wildman–Crippen MR) is 85.0 cm³/mol. The highest BCUT2D eigenvalue weighted by Crippen LogP contribution is 2.26. The number of nitrogens with one attached hydrogen (secondary N) is 1. The smallest absolute Gasteiger partial charge is 0.323 e. The van der Waals surface area contributed by atoms with Gasteiger partial charge in [0.05, 0.1) is 6.61 Å². The van der Waals surface area contributed by atoms with E-state index in [4.69, 9.17) is 4.74 Å². The summed E-state index contributed by atoms with van der Waals surface area (Å²) in [5.74, 6) is 0.511. The highest BCUT2D eigenvalue weighted by Gasteiger charge is 2.34. The van der Waals surface area contributed by atoms with Crippen LogP contribution in [0.3, 0.4) is 0 Å². The fraction of sp³-hybridized carbons (Fsp3) is 0.588. The van der Waals surface area contributed by atoms with E-state index in [0.29, 0.717) is 31.8 Å². The standard InChI is InChI=1S/C17H27NO3/c1-5-17(18-4,16(19)20)11-8-12-21-15-10-7-6-9-14(15)13(2)3/h6-7,9-10,13,18H,5,8,11-12H2,1-4H3,(H,19,20). The third-order valence-corrected chi connectivity index (χ3v) is 4.04. The minimum atomic E-state index is -0.846. The molecule has 1 unspecified atom stereocenters. The maximum Gasteiger partial charge on any atom is 0.323 e. The molecule has 0 aliphatic carbocycles. The summed E-state index contributed by atoms with van der Waals surface area (Å²) in [4.78, 5) is 11.4. The minimum Gasteiger partial charge on any atom is -0.493 e. The second-order valence-corrected chi connectivity index (χ2v) is 5.64. The second-order valence-electron chi connectivity index (χ2n) is 5.64. The summed E-state index contributed by atoms with van der Waals surface area (Å²) in [5, 5.41) is 12.3. The lowest BCUT2D eigenvalue weighted by molar-refractivity contribution is -0.145. The number of benzene rings is 1. The molecule has 1 atom stereocenters. The summed E-state index contributed by atoms with van der Waals surface area (Å²) in [6.07, 6.45) is 1.81. The summed E-state index contributed by atoms with van der Waals surface area (Å²) in [6, 6.07) is 8.01. The van der Waals surface area contributed by atoms with Gasteiger partial charge in [0.1, 0.15) is 11.3 Å². The summed E-state index contributed by atoms with van der Waals surface area (Å²) in [6.45, 7) is 6.69. The molecular formula is C17H27NO3. The SMILES string of the molecule is CCC(CCCOc1ccccc1C(C)C)(NC)C(=O)O. The number of likely N-dealkylation sites (N-methyl/N-ethyl adjacent to an activating group) is 1. The van der Waals surface area contributed by atoms with Crippen molar-refractivity contribution in [2.45, 2.75) is 51.5 Å². The largest absolute Gasteiger partial charge is 0.493 e. The van der Waals surface area contributed by atoms with Gasteiger partial charge in [-0.3, -0.25) is 4.79 Å². The van der Waals surface area contributed by atoms with Crippen LogP contribution in [0.5, 0.6) is 5.75 Å². The summed E-state index contributed by atoms with van der Waals surface area (Å²) in [5.41, 5.74) is 0.340. The molecule has 0 amide bonds. The number of hydrogen-bond acceptors (Lipinski definition) is 3. The monoisotopic (exact) mass is 293 g/mol. The highest BCUT2D eigenvalue weighted by molar-refractivity contribution is 5.78. The number of carboxylic acid groups (broad SMARTS) is 1. The van der Waals surface area contributed by atoms with Crippen molar-refractivity contribution < 1.29 is 14.6 Å². The maximum atomic E-state index is 11.4. The lowest BCUT2D eigenvalue weighted by atomic mass is 9.91. The molecule has 0 spiro atoms. The normalized spacial score (nSPS) is 14.0. The molecule has 0 heterocycles. The van der Waals surface area contributed by atoms with E-state index in [0.717, 1.165) is 5.75 Å². The van der Waals surface area contributed by atoms with Crippen molar-refractivity contribution in [3.63, 3.8) is 0 Å². The molecule has 0 saturated carbocycles. The van der Waals surface area contributed by atoms with E-state index in [-0.39, 0.29) is 0 Å². The Kier molecular flexibility index (Phi) is 6.69. The average Bonchev–Trinajstić information content (AvgIpc) is 2.48. The first-order valence-corrected chi connectivity index (χ1v) is 7.61. The van der Waals surface area contributed by atoms with Gasteiger partial charge in [0.15, 0.2) is 0 Å². The lowest BCUT2D eigenvalue weighted by Gasteiger charge is -2.27. The Balaban J connectivity index is 2.56. The zero-order valence-electron chi connectivity index (χ0n) is 13.5. The molecule has 0 aromatic heterocycles.